The summed E-state index contributed by atoms with van der Waals surface area (Å²) in [6.07, 6.45) is 3.15. The van der Waals surface area contributed by atoms with Crippen LogP contribution in [0, 0.1) is 18.3 Å². The van der Waals surface area contributed by atoms with Gasteiger partial charge in [0.2, 0.25) is 0 Å². The van der Waals surface area contributed by atoms with Crippen LogP contribution in [0.25, 0.3) is 21.5 Å². The fraction of sp³-hybridized carbons (Fsp3) is 0.316. The summed E-state index contributed by atoms with van der Waals surface area (Å²) in [7, 11) is 0. The van der Waals surface area contributed by atoms with Crippen molar-refractivity contribution in [2.24, 2.45) is 0 Å². The smallest absolute Gasteiger partial charge is 0.347 e. The number of nitrogens with zero attached hydrogens (tertiary/aromatic N) is 3. The number of aromatic carboxylic acids is 1. The SMILES string of the molecule is Cc1nc(-c2ccc3c(c2)c(C#N)c2n3[C@@H](C)CCC2)sc1C(=O)O. The number of hydrogen-bond donors (Lipinski definition) is 1. The van der Waals surface area contributed by atoms with E-state index in [1.165, 1.54) is 11.3 Å². The molecule has 0 bridgehead atoms. The van der Waals surface area contributed by atoms with Crippen LogP contribution in [-0.2, 0) is 6.42 Å². The highest BCUT2D eigenvalue weighted by Crippen LogP contribution is 2.38. The van der Waals surface area contributed by atoms with E-state index in [9.17, 15) is 15.2 Å². The maximum Gasteiger partial charge on any atom is 0.347 e. The zero-order valence-electron chi connectivity index (χ0n) is 14.0. The number of carboxylic acid groups (broad SMARTS) is 1. The second kappa shape index (κ2) is 5.71. The highest BCUT2D eigenvalue weighted by molar-refractivity contribution is 7.17. The zero-order chi connectivity index (χ0) is 17.7. The van der Waals surface area contributed by atoms with Gasteiger partial charge in [0.25, 0.3) is 0 Å². The van der Waals surface area contributed by atoms with Crippen LogP contribution in [0.2, 0.25) is 0 Å². The Morgan fingerprint density at radius 2 is 2.28 bits per heavy atom. The van der Waals surface area contributed by atoms with E-state index in [4.69, 9.17) is 0 Å². The summed E-state index contributed by atoms with van der Waals surface area (Å²) in [6, 6.07) is 8.76. The van der Waals surface area contributed by atoms with Gasteiger partial charge in [-0.3, -0.25) is 0 Å². The predicted molar refractivity (Wildman–Crippen MR) is 97.1 cm³/mol. The number of aromatic nitrogens is 2. The van der Waals surface area contributed by atoms with Crippen molar-refractivity contribution >= 4 is 28.2 Å². The lowest BCUT2D eigenvalue weighted by molar-refractivity contribution is 0.0701. The topological polar surface area (TPSA) is 78.9 Å². The molecule has 1 aromatic carbocycles. The molecule has 1 atom stereocenters. The molecule has 6 heteroatoms. The summed E-state index contributed by atoms with van der Waals surface area (Å²) < 4.78 is 2.29. The number of fused-ring (bicyclic) bond motifs is 3. The molecule has 0 radical (unpaired) electrons. The third kappa shape index (κ3) is 2.35. The lowest BCUT2D eigenvalue weighted by Crippen LogP contribution is -2.14. The van der Waals surface area contributed by atoms with Gasteiger partial charge < -0.3 is 9.67 Å². The van der Waals surface area contributed by atoms with E-state index in [1.807, 2.05) is 18.2 Å². The predicted octanol–water partition coefficient (Wildman–Crippen LogP) is 4.54. The quantitative estimate of drug-likeness (QED) is 0.735. The number of carbonyl (C=O) groups is 1. The van der Waals surface area contributed by atoms with Crippen LogP contribution in [0.3, 0.4) is 0 Å². The van der Waals surface area contributed by atoms with Crippen LogP contribution >= 0.6 is 11.3 Å². The first-order valence-corrected chi connectivity index (χ1v) is 9.11. The first kappa shape index (κ1) is 15.9. The molecule has 1 N–H and O–H groups in total. The van der Waals surface area contributed by atoms with Crippen molar-refractivity contribution in [1.82, 2.24) is 9.55 Å². The van der Waals surface area contributed by atoms with Crippen LogP contribution < -0.4 is 0 Å². The molecule has 126 valence electrons. The van der Waals surface area contributed by atoms with Gasteiger partial charge >= 0.3 is 5.97 Å². The van der Waals surface area contributed by atoms with Crippen molar-refractivity contribution in [2.45, 2.75) is 39.2 Å². The number of hydrogen-bond acceptors (Lipinski definition) is 4. The van der Waals surface area contributed by atoms with E-state index in [0.29, 0.717) is 16.7 Å². The lowest BCUT2D eigenvalue weighted by Gasteiger charge is -2.23. The number of rotatable bonds is 2. The zero-order valence-corrected chi connectivity index (χ0v) is 14.9. The molecule has 0 fully saturated rings. The van der Waals surface area contributed by atoms with E-state index < -0.39 is 5.97 Å². The van der Waals surface area contributed by atoms with Gasteiger partial charge in [0, 0.05) is 28.2 Å². The Morgan fingerprint density at radius 1 is 1.48 bits per heavy atom. The average molecular weight is 351 g/mol. The Balaban J connectivity index is 1.93. The Labute approximate surface area is 149 Å². The van der Waals surface area contributed by atoms with Crippen LogP contribution in [0.4, 0.5) is 0 Å². The molecular weight excluding hydrogens is 334 g/mol. The fourth-order valence-corrected chi connectivity index (χ4v) is 4.69. The number of nitriles is 1. The van der Waals surface area contributed by atoms with Crippen molar-refractivity contribution < 1.29 is 9.90 Å². The van der Waals surface area contributed by atoms with Gasteiger partial charge in [0.1, 0.15) is 16.0 Å². The monoisotopic (exact) mass is 351 g/mol. The molecule has 0 amide bonds. The third-order valence-electron chi connectivity index (χ3n) is 4.93. The second-order valence-electron chi connectivity index (χ2n) is 6.52. The van der Waals surface area contributed by atoms with Gasteiger partial charge in [0.15, 0.2) is 0 Å². The van der Waals surface area contributed by atoms with Crippen molar-refractivity contribution in [3.63, 3.8) is 0 Å². The largest absolute Gasteiger partial charge is 0.477 e. The second-order valence-corrected chi connectivity index (χ2v) is 7.51. The Morgan fingerprint density at radius 3 is 2.96 bits per heavy atom. The van der Waals surface area contributed by atoms with E-state index in [1.54, 1.807) is 6.92 Å². The van der Waals surface area contributed by atoms with Gasteiger partial charge in [-0.15, -0.1) is 11.3 Å². The van der Waals surface area contributed by atoms with Crippen molar-refractivity contribution in [2.75, 3.05) is 0 Å². The van der Waals surface area contributed by atoms with Gasteiger partial charge in [-0.25, -0.2) is 9.78 Å². The summed E-state index contributed by atoms with van der Waals surface area (Å²) in [5.41, 5.74) is 4.33. The van der Waals surface area contributed by atoms with Gasteiger partial charge in [-0.2, -0.15) is 5.26 Å². The van der Waals surface area contributed by atoms with Crippen LogP contribution in [0.15, 0.2) is 18.2 Å². The molecule has 3 heterocycles. The molecule has 3 aromatic rings. The molecule has 4 rings (SSSR count). The summed E-state index contributed by atoms with van der Waals surface area (Å²) >= 11 is 1.18. The molecular formula is C19H17N3O2S. The molecule has 0 saturated heterocycles. The number of benzene rings is 1. The van der Waals surface area contributed by atoms with E-state index in [0.717, 1.165) is 47.0 Å². The fourth-order valence-electron chi connectivity index (χ4n) is 3.79. The summed E-state index contributed by atoms with van der Waals surface area (Å²) in [5, 5.41) is 20.6. The minimum absolute atomic E-state index is 0.264. The van der Waals surface area contributed by atoms with E-state index in [2.05, 4.69) is 22.5 Å². The lowest BCUT2D eigenvalue weighted by atomic mass is 10.0. The van der Waals surface area contributed by atoms with Crippen molar-refractivity contribution in [3.8, 4) is 16.6 Å². The summed E-state index contributed by atoms with van der Waals surface area (Å²) in [6.45, 7) is 3.90. The van der Waals surface area contributed by atoms with Crippen molar-refractivity contribution in [1.29, 1.82) is 5.26 Å². The van der Waals surface area contributed by atoms with Gasteiger partial charge in [-0.1, -0.05) is 0 Å². The standard InChI is InChI=1S/C19H17N3O2S/c1-10-4-3-5-15-14(9-20)13-8-12(6-7-16(13)22(10)15)18-21-11(2)17(25-18)19(23)24/h6-8,10H,3-5H2,1-2H3,(H,23,24)/t10-/m0/s1. The van der Waals surface area contributed by atoms with Crippen LogP contribution in [0.1, 0.15) is 52.4 Å². The van der Waals surface area contributed by atoms with Crippen LogP contribution in [-0.4, -0.2) is 20.6 Å². The molecule has 0 unspecified atom stereocenters. The maximum absolute atomic E-state index is 11.3. The highest BCUT2D eigenvalue weighted by atomic mass is 32.1. The van der Waals surface area contributed by atoms with Crippen LogP contribution in [0.5, 0.6) is 0 Å². The Bertz CT molecular complexity index is 1050. The van der Waals surface area contributed by atoms with Gasteiger partial charge in [0.05, 0.1) is 11.3 Å². The molecule has 0 aliphatic carbocycles. The normalized spacial score (nSPS) is 16.6. The minimum Gasteiger partial charge on any atom is -0.477 e. The molecule has 25 heavy (non-hydrogen) atoms. The number of aryl methyl sites for hydroxylation is 1. The number of carboxylic acids is 1. The molecule has 0 saturated carbocycles. The molecule has 5 nitrogen and oxygen atoms in total. The third-order valence-corrected chi connectivity index (χ3v) is 6.13. The maximum atomic E-state index is 11.3. The molecule has 1 aliphatic rings. The van der Waals surface area contributed by atoms with E-state index in [-0.39, 0.29) is 4.88 Å². The molecule has 2 aromatic heterocycles. The number of thiazole rings is 1. The minimum atomic E-state index is -0.951. The Kier molecular flexibility index (Phi) is 3.62. The molecule has 1 aliphatic heterocycles. The first-order chi connectivity index (χ1) is 12.0. The first-order valence-electron chi connectivity index (χ1n) is 8.29. The highest BCUT2D eigenvalue weighted by Gasteiger charge is 2.24. The summed E-state index contributed by atoms with van der Waals surface area (Å²) in [4.78, 5) is 15.9. The average Bonchev–Trinajstić information content (AvgIpc) is 3.12. The van der Waals surface area contributed by atoms with Crippen molar-refractivity contribution in [3.05, 3.63) is 40.0 Å². The van der Waals surface area contributed by atoms with E-state index >= 15 is 0 Å². The molecule has 0 spiro atoms. The Hall–Kier alpha value is -2.65. The van der Waals surface area contributed by atoms with Gasteiger partial charge in [-0.05, 0) is 51.3 Å². The summed E-state index contributed by atoms with van der Waals surface area (Å²) in [5.74, 6) is -0.951.